The first kappa shape index (κ1) is 15.4. The summed E-state index contributed by atoms with van der Waals surface area (Å²) in [5.74, 6) is -0.1000. The lowest BCUT2D eigenvalue weighted by molar-refractivity contribution is 0.0992. The number of sulfonamides is 1. The number of rotatable bonds is 5. The Morgan fingerprint density at radius 3 is 2.14 bits per heavy atom. The van der Waals surface area contributed by atoms with Gasteiger partial charge in [0.15, 0.2) is 5.78 Å². The Hall–Kier alpha value is -1.98. The van der Waals surface area contributed by atoms with E-state index in [1.807, 2.05) is 6.07 Å². The van der Waals surface area contributed by atoms with Crippen molar-refractivity contribution >= 4 is 15.8 Å². The van der Waals surface area contributed by atoms with Gasteiger partial charge in [-0.25, -0.2) is 12.7 Å². The van der Waals surface area contributed by atoms with Gasteiger partial charge in [0.2, 0.25) is 10.0 Å². The van der Waals surface area contributed by atoms with E-state index in [9.17, 15) is 13.2 Å². The molecule has 0 bridgehead atoms. The van der Waals surface area contributed by atoms with Gasteiger partial charge in [0, 0.05) is 26.1 Å². The number of ketones is 1. The average molecular weight is 303 g/mol. The molecule has 110 valence electrons. The molecular weight excluding hydrogens is 286 g/mol. The number of benzene rings is 2. The molecule has 4 nitrogen and oxygen atoms in total. The van der Waals surface area contributed by atoms with Gasteiger partial charge in [0.25, 0.3) is 0 Å². The van der Waals surface area contributed by atoms with Gasteiger partial charge in [-0.15, -0.1) is 0 Å². The molecule has 0 spiro atoms. The molecule has 0 saturated carbocycles. The number of hydrogen-bond donors (Lipinski definition) is 0. The number of hydrogen-bond acceptors (Lipinski definition) is 3. The third kappa shape index (κ3) is 3.37. The molecule has 0 fully saturated rings. The molecule has 0 atom stereocenters. The van der Waals surface area contributed by atoms with E-state index in [1.165, 1.54) is 20.2 Å². The van der Waals surface area contributed by atoms with Crippen LogP contribution in [-0.4, -0.2) is 32.6 Å². The van der Waals surface area contributed by atoms with Crippen molar-refractivity contribution in [2.24, 2.45) is 0 Å². The van der Waals surface area contributed by atoms with E-state index in [0.29, 0.717) is 11.1 Å². The average Bonchev–Trinajstić information content (AvgIpc) is 2.48. The zero-order valence-corrected chi connectivity index (χ0v) is 12.8. The molecule has 0 radical (unpaired) electrons. The second-order valence-electron chi connectivity index (χ2n) is 4.86. The highest BCUT2D eigenvalue weighted by Crippen LogP contribution is 2.20. The molecule has 5 heteroatoms. The molecule has 2 aromatic carbocycles. The summed E-state index contributed by atoms with van der Waals surface area (Å²) < 4.78 is 25.7. The van der Waals surface area contributed by atoms with Crippen LogP contribution in [0.4, 0.5) is 0 Å². The van der Waals surface area contributed by atoms with Crippen LogP contribution in [0.5, 0.6) is 0 Å². The van der Waals surface area contributed by atoms with Crippen molar-refractivity contribution in [2.75, 3.05) is 14.1 Å². The zero-order chi connectivity index (χ0) is 15.5. The first-order chi connectivity index (χ1) is 9.93. The van der Waals surface area contributed by atoms with Crippen LogP contribution < -0.4 is 0 Å². The van der Waals surface area contributed by atoms with E-state index in [2.05, 4.69) is 0 Å². The summed E-state index contributed by atoms with van der Waals surface area (Å²) in [4.78, 5) is 12.4. The lowest BCUT2D eigenvalue weighted by Gasteiger charge is -2.14. The number of carbonyl (C=O) groups is 1. The molecule has 0 aliphatic rings. The minimum absolute atomic E-state index is 0.0628. The molecule has 0 heterocycles. The van der Waals surface area contributed by atoms with Crippen LogP contribution in [0.25, 0.3) is 0 Å². The highest BCUT2D eigenvalue weighted by molar-refractivity contribution is 7.89. The number of nitrogens with zero attached hydrogens (tertiary/aromatic N) is 1. The van der Waals surface area contributed by atoms with Crippen molar-refractivity contribution in [3.05, 3.63) is 65.7 Å². The minimum Gasteiger partial charge on any atom is -0.294 e. The lowest BCUT2D eigenvalue weighted by atomic mass is 10.0. The van der Waals surface area contributed by atoms with E-state index >= 15 is 0 Å². The SMILES string of the molecule is CN(C)S(=O)(=O)c1ccccc1CC(=O)c1ccccc1. The third-order valence-electron chi connectivity index (χ3n) is 3.18. The van der Waals surface area contributed by atoms with Crippen LogP contribution in [0.1, 0.15) is 15.9 Å². The Balaban J connectivity index is 2.36. The van der Waals surface area contributed by atoms with E-state index in [4.69, 9.17) is 0 Å². The minimum atomic E-state index is -3.55. The lowest BCUT2D eigenvalue weighted by Crippen LogP contribution is -2.24. The Morgan fingerprint density at radius 2 is 1.52 bits per heavy atom. The van der Waals surface area contributed by atoms with Crippen molar-refractivity contribution in [3.8, 4) is 0 Å². The summed E-state index contributed by atoms with van der Waals surface area (Å²) in [5.41, 5.74) is 1.09. The molecular formula is C16H17NO3S. The number of Topliss-reactive ketones (excluding diaryl/α,β-unsaturated/α-hetero) is 1. The summed E-state index contributed by atoms with van der Waals surface area (Å²) in [5, 5.41) is 0. The van der Waals surface area contributed by atoms with Crippen molar-refractivity contribution in [1.82, 2.24) is 4.31 Å². The van der Waals surface area contributed by atoms with E-state index in [0.717, 1.165) is 4.31 Å². The van der Waals surface area contributed by atoms with Crippen molar-refractivity contribution in [2.45, 2.75) is 11.3 Å². The third-order valence-corrected chi connectivity index (χ3v) is 5.09. The molecule has 0 saturated heterocycles. The Morgan fingerprint density at radius 1 is 0.952 bits per heavy atom. The summed E-state index contributed by atoms with van der Waals surface area (Å²) in [6.07, 6.45) is 0.0628. The Kier molecular flexibility index (Phi) is 4.55. The van der Waals surface area contributed by atoms with Crippen molar-refractivity contribution < 1.29 is 13.2 Å². The highest BCUT2D eigenvalue weighted by Gasteiger charge is 2.22. The van der Waals surface area contributed by atoms with Gasteiger partial charge in [0.05, 0.1) is 4.90 Å². The van der Waals surface area contributed by atoms with Crippen LogP contribution in [0, 0.1) is 0 Å². The van der Waals surface area contributed by atoms with Crippen LogP contribution >= 0.6 is 0 Å². The van der Waals surface area contributed by atoms with E-state index in [-0.39, 0.29) is 17.1 Å². The fourth-order valence-electron chi connectivity index (χ4n) is 2.00. The smallest absolute Gasteiger partial charge is 0.242 e. The summed E-state index contributed by atoms with van der Waals surface area (Å²) >= 11 is 0. The van der Waals surface area contributed by atoms with Gasteiger partial charge >= 0.3 is 0 Å². The van der Waals surface area contributed by atoms with Gasteiger partial charge in [-0.2, -0.15) is 0 Å². The molecule has 0 aromatic heterocycles. The van der Waals surface area contributed by atoms with E-state index in [1.54, 1.807) is 42.5 Å². The van der Waals surface area contributed by atoms with Gasteiger partial charge < -0.3 is 0 Å². The van der Waals surface area contributed by atoms with E-state index < -0.39 is 10.0 Å². The first-order valence-corrected chi connectivity index (χ1v) is 7.95. The fraction of sp³-hybridized carbons (Fsp3) is 0.188. The highest BCUT2D eigenvalue weighted by atomic mass is 32.2. The second-order valence-corrected chi connectivity index (χ2v) is 6.98. The van der Waals surface area contributed by atoms with Gasteiger partial charge in [-0.05, 0) is 11.6 Å². The second kappa shape index (κ2) is 6.20. The standard InChI is InChI=1S/C16H17NO3S/c1-17(2)21(19,20)16-11-7-6-10-14(16)12-15(18)13-8-4-3-5-9-13/h3-11H,12H2,1-2H3. The van der Waals surface area contributed by atoms with Crippen molar-refractivity contribution in [1.29, 1.82) is 0 Å². The Labute approximate surface area is 125 Å². The summed E-state index contributed by atoms with van der Waals surface area (Å²) in [7, 11) is -0.600. The molecule has 0 amide bonds. The maximum absolute atomic E-state index is 12.3. The van der Waals surface area contributed by atoms with Gasteiger partial charge in [-0.3, -0.25) is 4.79 Å². The summed E-state index contributed by atoms with van der Waals surface area (Å²) in [6.45, 7) is 0. The summed E-state index contributed by atoms with van der Waals surface area (Å²) in [6, 6.07) is 15.5. The molecule has 0 aliphatic heterocycles. The van der Waals surface area contributed by atoms with Crippen LogP contribution in [0.2, 0.25) is 0 Å². The molecule has 0 aliphatic carbocycles. The molecule has 0 unspecified atom stereocenters. The van der Waals surface area contributed by atoms with Gasteiger partial charge in [0.1, 0.15) is 0 Å². The van der Waals surface area contributed by atoms with Crippen molar-refractivity contribution in [3.63, 3.8) is 0 Å². The maximum Gasteiger partial charge on any atom is 0.242 e. The predicted octanol–water partition coefficient (Wildman–Crippen LogP) is 2.36. The fourth-order valence-corrected chi connectivity index (χ4v) is 3.11. The first-order valence-electron chi connectivity index (χ1n) is 6.51. The zero-order valence-electron chi connectivity index (χ0n) is 12.0. The maximum atomic E-state index is 12.3. The largest absolute Gasteiger partial charge is 0.294 e. The monoisotopic (exact) mass is 303 g/mol. The van der Waals surface area contributed by atoms with Crippen LogP contribution in [-0.2, 0) is 16.4 Å². The normalized spacial score (nSPS) is 11.6. The molecule has 0 N–H and O–H groups in total. The molecule has 2 aromatic rings. The molecule has 2 rings (SSSR count). The quantitative estimate of drug-likeness (QED) is 0.797. The van der Waals surface area contributed by atoms with Crippen LogP contribution in [0.3, 0.4) is 0 Å². The Bertz CT molecular complexity index is 737. The number of carbonyl (C=O) groups excluding carboxylic acids is 1. The molecule has 21 heavy (non-hydrogen) atoms. The van der Waals surface area contributed by atoms with Gasteiger partial charge in [-0.1, -0.05) is 48.5 Å². The van der Waals surface area contributed by atoms with Crippen LogP contribution in [0.15, 0.2) is 59.5 Å². The topological polar surface area (TPSA) is 54.5 Å². The predicted molar refractivity (Wildman–Crippen MR) is 81.8 cm³/mol.